The number of anilines is 3. The SMILES string of the molecule is c1ccc(-c2ccc(N(c3ccc(-c4ccccc4)cc3)c3ccc4c(c3)C3(c5ccccc5-c5ccccc53)c3cc(-n5ccc6ccccc65)ccc3-4)cc2)cc1. The smallest absolute Gasteiger partial charge is 0.0727 e. The van der Waals surface area contributed by atoms with Crippen molar-refractivity contribution in [2.75, 3.05) is 4.90 Å². The molecule has 276 valence electrons. The molecule has 9 aromatic carbocycles. The van der Waals surface area contributed by atoms with Crippen molar-refractivity contribution in [1.29, 1.82) is 0 Å². The Labute approximate surface area is 344 Å². The van der Waals surface area contributed by atoms with Gasteiger partial charge in [-0.3, -0.25) is 0 Å². The van der Waals surface area contributed by atoms with E-state index in [1.165, 1.54) is 77.7 Å². The second-order valence-corrected chi connectivity index (χ2v) is 15.7. The number of fused-ring (bicyclic) bond motifs is 11. The number of nitrogens with zero attached hydrogens (tertiary/aromatic N) is 2. The van der Waals surface area contributed by atoms with Gasteiger partial charge in [0.15, 0.2) is 0 Å². The molecule has 10 aromatic rings. The summed E-state index contributed by atoms with van der Waals surface area (Å²) in [6.07, 6.45) is 2.21. The summed E-state index contributed by atoms with van der Waals surface area (Å²) >= 11 is 0. The number of aromatic nitrogens is 1. The molecule has 2 heteroatoms. The largest absolute Gasteiger partial charge is 0.317 e. The van der Waals surface area contributed by atoms with Crippen LogP contribution in [0.1, 0.15) is 22.3 Å². The van der Waals surface area contributed by atoms with E-state index in [1.807, 2.05) is 0 Å². The zero-order valence-corrected chi connectivity index (χ0v) is 32.3. The molecule has 2 aliphatic carbocycles. The zero-order valence-electron chi connectivity index (χ0n) is 32.3. The lowest BCUT2D eigenvalue weighted by molar-refractivity contribution is 0.792. The van der Waals surface area contributed by atoms with Crippen LogP contribution in [0, 0.1) is 0 Å². The van der Waals surface area contributed by atoms with Crippen molar-refractivity contribution in [3.8, 4) is 50.2 Å². The third-order valence-corrected chi connectivity index (χ3v) is 12.7. The second kappa shape index (κ2) is 13.2. The Balaban J connectivity index is 1.08. The van der Waals surface area contributed by atoms with Crippen molar-refractivity contribution in [2.45, 2.75) is 5.41 Å². The highest BCUT2D eigenvalue weighted by atomic mass is 15.1. The number of para-hydroxylation sites is 1. The van der Waals surface area contributed by atoms with Crippen LogP contribution < -0.4 is 4.90 Å². The van der Waals surface area contributed by atoms with Gasteiger partial charge >= 0.3 is 0 Å². The Morgan fingerprint density at radius 2 is 0.780 bits per heavy atom. The van der Waals surface area contributed by atoms with Gasteiger partial charge in [0.1, 0.15) is 0 Å². The predicted octanol–water partition coefficient (Wildman–Crippen LogP) is 14.8. The van der Waals surface area contributed by atoms with Crippen LogP contribution in [0.5, 0.6) is 0 Å². The number of hydrogen-bond acceptors (Lipinski definition) is 1. The summed E-state index contributed by atoms with van der Waals surface area (Å²) in [6.45, 7) is 0. The normalized spacial score (nSPS) is 12.9. The Bertz CT molecular complexity index is 3060. The fourth-order valence-corrected chi connectivity index (χ4v) is 10.0. The quantitative estimate of drug-likeness (QED) is 0.164. The molecule has 0 N–H and O–H groups in total. The first-order valence-corrected chi connectivity index (χ1v) is 20.4. The minimum atomic E-state index is -0.507. The molecule has 59 heavy (non-hydrogen) atoms. The summed E-state index contributed by atoms with van der Waals surface area (Å²) in [5.41, 5.74) is 20.5. The first-order valence-electron chi connectivity index (χ1n) is 20.4. The summed E-state index contributed by atoms with van der Waals surface area (Å²) in [5.74, 6) is 0. The van der Waals surface area contributed by atoms with Gasteiger partial charge in [0.05, 0.1) is 10.9 Å². The molecule has 2 aliphatic rings. The molecular formula is C57H38N2. The molecule has 1 spiro atoms. The topological polar surface area (TPSA) is 8.17 Å². The van der Waals surface area contributed by atoms with E-state index in [9.17, 15) is 0 Å². The van der Waals surface area contributed by atoms with Gasteiger partial charge in [-0.1, -0.05) is 164 Å². The van der Waals surface area contributed by atoms with Crippen LogP contribution in [0.4, 0.5) is 17.1 Å². The van der Waals surface area contributed by atoms with Crippen LogP contribution in [-0.4, -0.2) is 4.57 Å². The third kappa shape index (κ3) is 5.06. The van der Waals surface area contributed by atoms with Crippen molar-refractivity contribution < 1.29 is 0 Å². The van der Waals surface area contributed by atoms with E-state index in [-0.39, 0.29) is 0 Å². The third-order valence-electron chi connectivity index (χ3n) is 12.7. The van der Waals surface area contributed by atoms with Crippen molar-refractivity contribution >= 4 is 28.0 Å². The van der Waals surface area contributed by atoms with Crippen molar-refractivity contribution in [3.05, 3.63) is 253 Å². The lowest BCUT2D eigenvalue weighted by atomic mass is 9.70. The summed E-state index contributed by atoms with van der Waals surface area (Å²) < 4.78 is 2.34. The van der Waals surface area contributed by atoms with E-state index in [0.717, 1.165) is 22.7 Å². The molecule has 0 fully saturated rings. The Kier molecular flexibility index (Phi) is 7.48. The van der Waals surface area contributed by atoms with E-state index in [2.05, 4.69) is 240 Å². The van der Waals surface area contributed by atoms with E-state index in [1.54, 1.807) is 0 Å². The van der Waals surface area contributed by atoms with E-state index in [4.69, 9.17) is 0 Å². The number of rotatable bonds is 6. The first-order chi connectivity index (χ1) is 29.3. The monoisotopic (exact) mass is 750 g/mol. The summed E-state index contributed by atoms with van der Waals surface area (Å²) in [4.78, 5) is 2.42. The van der Waals surface area contributed by atoms with E-state index < -0.39 is 5.41 Å². The van der Waals surface area contributed by atoms with Crippen molar-refractivity contribution in [2.24, 2.45) is 0 Å². The standard InChI is InChI=1S/C57H38N2/c1-3-13-39(14-4-1)41-23-27-44(28-24-41)59(45-29-25-42(26-30-45)40-15-5-2-6-16-40)47-32-34-51-50-33-31-46(58-36-35-43-17-7-12-22-56(43)58)37-54(50)57(55(51)38-47)52-20-10-8-18-48(52)49-19-9-11-21-53(49)57/h1-38H. The van der Waals surface area contributed by atoms with Gasteiger partial charge in [0.2, 0.25) is 0 Å². The minimum Gasteiger partial charge on any atom is -0.317 e. The van der Waals surface area contributed by atoms with Gasteiger partial charge in [0.25, 0.3) is 0 Å². The first kappa shape index (κ1) is 33.5. The van der Waals surface area contributed by atoms with Crippen LogP contribution >= 0.6 is 0 Å². The maximum Gasteiger partial charge on any atom is 0.0727 e. The van der Waals surface area contributed by atoms with E-state index in [0.29, 0.717) is 0 Å². The maximum atomic E-state index is 2.48. The van der Waals surface area contributed by atoms with Crippen LogP contribution in [0.2, 0.25) is 0 Å². The molecule has 12 rings (SSSR count). The predicted molar refractivity (Wildman–Crippen MR) is 245 cm³/mol. The number of hydrogen-bond donors (Lipinski definition) is 0. The van der Waals surface area contributed by atoms with Gasteiger partial charge in [-0.15, -0.1) is 0 Å². The fourth-order valence-electron chi connectivity index (χ4n) is 10.0. The Hall–Kier alpha value is -7.68. The average Bonchev–Trinajstić information content (AvgIpc) is 3.97. The molecule has 0 unspecified atom stereocenters. The summed E-state index contributed by atoms with van der Waals surface area (Å²) in [7, 11) is 0. The average molecular weight is 751 g/mol. The highest BCUT2D eigenvalue weighted by molar-refractivity contribution is 5.97. The Morgan fingerprint density at radius 1 is 0.322 bits per heavy atom. The highest BCUT2D eigenvalue weighted by Crippen LogP contribution is 2.63. The summed E-state index contributed by atoms with van der Waals surface area (Å²) in [6, 6.07) is 82.6. The van der Waals surface area contributed by atoms with Crippen LogP contribution in [0.15, 0.2) is 231 Å². The maximum absolute atomic E-state index is 2.48. The molecule has 1 aromatic heterocycles. The van der Waals surface area contributed by atoms with Gasteiger partial charge < -0.3 is 9.47 Å². The molecule has 0 saturated heterocycles. The summed E-state index contributed by atoms with van der Waals surface area (Å²) in [5, 5.41) is 1.24. The van der Waals surface area contributed by atoms with Gasteiger partial charge in [-0.2, -0.15) is 0 Å². The molecule has 1 heterocycles. The molecule has 0 saturated carbocycles. The van der Waals surface area contributed by atoms with Crippen molar-refractivity contribution in [1.82, 2.24) is 4.57 Å². The van der Waals surface area contributed by atoms with Gasteiger partial charge in [0, 0.05) is 28.9 Å². The molecule has 0 bridgehead atoms. The van der Waals surface area contributed by atoms with Crippen LogP contribution in [-0.2, 0) is 5.41 Å². The van der Waals surface area contributed by atoms with Gasteiger partial charge in [-0.25, -0.2) is 0 Å². The van der Waals surface area contributed by atoms with Gasteiger partial charge in [-0.05, 0) is 133 Å². The minimum absolute atomic E-state index is 0.507. The van der Waals surface area contributed by atoms with Crippen LogP contribution in [0.25, 0.3) is 61.1 Å². The molecular weight excluding hydrogens is 713 g/mol. The second-order valence-electron chi connectivity index (χ2n) is 15.7. The zero-order chi connectivity index (χ0) is 38.9. The lowest BCUT2D eigenvalue weighted by Gasteiger charge is -2.32. The number of benzene rings is 9. The highest BCUT2D eigenvalue weighted by Gasteiger charge is 2.52. The Morgan fingerprint density at radius 3 is 1.39 bits per heavy atom. The van der Waals surface area contributed by atoms with Crippen LogP contribution in [0.3, 0.4) is 0 Å². The fraction of sp³-hybridized carbons (Fsp3) is 0.0175. The van der Waals surface area contributed by atoms with E-state index >= 15 is 0 Å². The lowest BCUT2D eigenvalue weighted by Crippen LogP contribution is -2.26. The molecule has 0 radical (unpaired) electrons. The molecule has 0 atom stereocenters. The molecule has 0 amide bonds. The van der Waals surface area contributed by atoms with Crippen molar-refractivity contribution in [3.63, 3.8) is 0 Å². The molecule has 0 aliphatic heterocycles. The molecule has 2 nitrogen and oxygen atoms in total.